The molecule has 13 heteroatoms. The summed E-state index contributed by atoms with van der Waals surface area (Å²) in [6.07, 6.45) is -2.76. The van der Waals surface area contributed by atoms with E-state index in [-0.39, 0.29) is 11.7 Å². The number of carbonyl (C=O) groups is 2. The number of urea groups is 2. The molecule has 204 valence electrons. The van der Waals surface area contributed by atoms with Gasteiger partial charge in [-0.25, -0.2) is 14.6 Å². The zero-order valence-electron chi connectivity index (χ0n) is 20.5. The van der Waals surface area contributed by atoms with Gasteiger partial charge in [-0.05, 0) is 61.0 Å². The van der Waals surface area contributed by atoms with Crippen LogP contribution in [-0.4, -0.2) is 23.6 Å². The van der Waals surface area contributed by atoms with Crippen molar-refractivity contribution in [3.05, 3.63) is 71.2 Å². The lowest BCUT2D eigenvalue weighted by molar-refractivity contribution is -0.137. The maximum atomic E-state index is 13.0. The number of carbonyl (C=O) groups excluding carboxylic acids is 2. The predicted molar refractivity (Wildman–Crippen MR) is 147 cm³/mol. The molecule has 4 aromatic rings. The molecule has 4 amide bonds. The van der Waals surface area contributed by atoms with Crippen molar-refractivity contribution in [2.24, 2.45) is 0 Å². The zero-order chi connectivity index (χ0) is 28.0. The van der Waals surface area contributed by atoms with Gasteiger partial charge in [-0.2, -0.15) is 13.2 Å². The van der Waals surface area contributed by atoms with E-state index < -0.39 is 22.8 Å². The highest BCUT2D eigenvalue weighted by Gasteiger charge is 2.33. The fraction of sp³-hybridized carbons (Fsp3) is 0.192. The third-order valence-corrected chi connectivity index (χ3v) is 6.54. The molecule has 8 nitrogen and oxygen atoms in total. The Morgan fingerprint density at radius 1 is 0.923 bits per heavy atom. The van der Waals surface area contributed by atoms with E-state index in [1.54, 1.807) is 42.5 Å². The molecular formula is C26H23ClF3N5O3S. The number of fused-ring (bicyclic) bond motifs is 1. The number of unbranched alkanes of at least 4 members (excludes halogenated alkanes) is 1. The van der Waals surface area contributed by atoms with Crippen molar-refractivity contribution in [2.75, 3.05) is 22.5 Å². The number of rotatable bonds is 8. The molecule has 4 N–H and O–H groups in total. The van der Waals surface area contributed by atoms with Crippen LogP contribution in [0.1, 0.15) is 25.3 Å². The van der Waals surface area contributed by atoms with E-state index in [1.807, 2.05) is 6.92 Å². The number of ether oxygens (including phenoxy) is 1. The number of hydrogen-bond acceptors (Lipinski definition) is 5. The largest absolute Gasteiger partial charge is 0.457 e. The summed E-state index contributed by atoms with van der Waals surface area (Å²) in [7, 11) is 0. The van der Waals surface area contributed by atoms with Crippen LogP contribution in [0.15, 0.2) is 60.7 Å². The summed E-state index contributed by atoms with van der Waals surface area (Å²) in [5.74, 6) is 1.04. The minimum Gasteiger partial charge on any atom is -0.457 e. The maximum absolute atomic E-state index is 13.0. The number of aromatic nitrogens is 1. The van der Waals surface area contributed by atoms with Gasteiger partial charge < -0.3 is 20.7 Å². The van der Waals surface area contributed by atoms with Crippen LogP contribution in [0.3, 0.4) is 0 Å². The second kappa shape index (κ2) is 12.2. The van der Waals surface area contributed by atoms with Gasteiger partial charge in [-0.15, -0.1) is 0 Å². The number of benzene rings is 3. The highest BCUT2D eigenvalue weighted by atomic mass is 35.5. The molecule has 3 aromatic carbocycles. The molecule has 1 aromatic heterocycles. The SMILES string of the molecule is CCCCNC(=O)Nc1nc2ccc(Oc3ccc(NC(=O)Nc4ccc(Cl)c(C(F)(F)F)c4)cc3)cc2s1. The van der Waals surface area contributed by atoms with Gasteiger partial charge in [0.15, 0.2) is 5.13 Å². The van der Waals surface area contributed by atoms with E-state index in [4.69, 9.17) is 16.3 Å². The highest BCUT2D eigenvalue weighted by molar-refractivity contribution is 7.22. The molecule has 0 spiro atoms. The first-order valence-electron chi connectivity index (χ1n) is 11.8. The van der Waals surface area contributed by atoms with Crippen LogP contribution in [0.25, 0.3) is 10.2 Å². The summed E-state index contributed by atoms with van der Waals surface area (Å²) in [6, 6.07) is 13.8. The van der Waals surface area contributed by atoms with Crippen LogP contribution < -0.4 is 26.0 Å². The first-order valence-corrected chi connectivity index (χ1v) is 13.0. The van der Waals surface area contributed by atoms with Gasteiger partial charge in [0.05, 0.1) is 20.8 Å². The normalized spacial score (nSPS) is 11.2. The van der Waals surface area contributed by atoms with Gasteiger partial charge >= 0.3 is 18.2 Å². The van der Waals surface area contributed by atoms with E-state index in [0.29, 0.717) is 34.4 Å². The minimum atomic E-state index is -4.64. The first kappa shape index (κ1) is 28.0. The van der Waals surface area contributed by atoms with Gasteiger partial charge in [0, 0.05) is 24.0 Å². The molecule has 0 aliphatic rings. The second-order valence-corrected chi connectivity index (χ2v) is 9.72. The Bertz CT molecular complexity index is 1480. The van der Waals surface area contributed by atoms with E-state index in [2.05, 4.69) is 26.3 Å². The summed E-state index contributed by atoms with van der Waals surface area (Å²) < 4.78 is 45.8. The molecule has 0 unspecified atom stereocenters. The zero-order valence-corrected chi connectivity index (χ0v) is 22.1. The fourth-order valence-electron chi connectivity index (χ4n) is 3.40. The predicted octanol–water partition coefficient (Wildman–Crippen LogP) is 8.33. The minimum absolute atomic E-state index is 0.0573. The van der Waals surface area contributed by atoms with Crippen LogP contribution in [0, 0.1) is 0 Å². The molecule has 0 fully saturated rings. The van der Waals surface area contributed by atoms with E-state index >= 15 is 0 Å². The molecule has 4 rings (SSSR count). The summed E-state index contributed by atoms with van der Waals surface area (Å²) >= 11 is 6.92. The van der Waals surface area contributed by atoms with E-state index in [1.165, 1.54) is 17.4 Å². The van der Waals surface area contributed by atoms with Gasteiger partial charge in [-0.3, -0.25) is 5.32 Å². The van der Waals surface area contributed by atoms with Crippen molar-refractivity contribution < 1.29 is 27.5 Å². The third kappa shape index (κ3) is 7.74. The van der Waals surface area contributed by atoms with Gasteiger partial charge in [-0.1, -0.05) is 36.3 Å². The van der Waals surface area contributed by atoms with Crippen molar-refractivity contribution >= 4 is 61.7 Å². The van der Waals surface area contributed by atoms with Crippen LogP contribution in [0.4, 0.5) is 39.3 Å². The summed E-state index contributed by atoms with van der Waals surface area (Å²) in [6.45, 7) is 2.64. The Labute approximate surface area is 230 Å². The van der Waals surface area contributed by atoms with Gasteiger partial charge in [0.25, 0.3) is 0 Å². The number of halogens is 4. The van der Waals surface area contributed by atoms with Crippen molar-refractivity contribution in [3.63, 3.8) is 0 Å². The fourth-order valence-corrected chi connectivity index (χ4v) is 4.51. The Balaban J connectivity index is 1.34. The lowest BCUT2D eigenvalue weighted by atomic mass is 10.2. The third-order valence-electron chi connectivity index (χ3n) is 5.27. The molecule has 0 saturated heterocycles. The van der Waals surface area contributed by atoms with Crippen molar-refractivity contribution in [2.45, 2.75) is 25.9 Å². The summed E-state index contributed by atoms with van der Waals surface area (Å²) in [5.41, 5.74) is 0.0130. The van der Waals surface area contributed by atoms with Crippen LogP contribution in [0.2, 0.25) is 5.02 Å². The molecule has 39 heavy (non-hydrogen) atoms. The van der Waals surface area contributed by atoms with Crippen molar-refractivity contribution in [1.29, 1.82) is 0 Å². The standard InChI is InChI=1S/C26H23ClF3N5O3S/c1-2-3-12-31-23(36)35-25-34-21-11-9-18(14-22(21)39-25)38-17-7-4-15(5-8-17)32-24(37)33-16-6-10-20(27)19(13-16)26(28,29)30/h4-11,13-14H,2-3,12H2,1H3,(H2,32,33,37)(H2,31,34,35,36). The molecule has 0 saturated carbocycles. The number of amides is 4. The monoisotopic (exact) mass is 577 g/mol. The maximum Gasteiger partial charge on any atom is 0.417 e. The topological polar surface area (TPSA) is 104 Å². The molecule has 0 aliphatic carbocycles. The summed E-state index contributed by atoms with van der Waals surface area (Å²) in [4.78, 5) is 28.6. The van der Waals surface area contributed by atoms with E-state index in [0.717, 1.165) is 29.7 Å². The molecule has 0 bridgehead atoms. The number of anilines is 3. The Hall–Kier alpha value is -4.03. The number of nitrogens with zero attached hydrogens (tertiary/aromatic N) is 1. The van der Waals surface area contributed by atoms with E-state index in [9.17, 15) is 22.8 Å². The van der Waals surface area contributed by atoms with Gasteiger partial charge in [0.2, 0.25) is 0 Å². The average Bonchev–Trinajstić information content (AvgIpc) is 3.27. The Kier molecular flexibility index (Phi) is 8.77. The lowest BCUT2D eigenvalue weighted by Gasteiger charge is -2.12. The molecule has 0 radical (unpaired) electrons. The average molecular weight is 578 g/mol. The lowest BCUT2D eigenvalue weighted by Crippen LogP contribution is -2.29. The van der Waals surface area contributed by atoms with Crippen LogP contribution in [-0.2, 0) is 6.18 Å². The number of thiazole rings is 1. The van der Waals surface area contributed by atoms with Crippen LogP contribution >= 0.6 is 22.9 Å². The van der Waals surface area contributed by atoms with Crippen LogP contribution in [0.5, 0.6) is 11.5 Å². The number of nitrogens with one attached hydrogen (secondary N) is 4. The number of alkyl halides is 3. The molecular weight excluding hydrogens is 555 g/mol. The first-order chi connectivity index (χ1) is 18.6. The smallest absolute Gasteiger partial charge is 0.417 e. The quantitative estimate of drug-likeness (QED) is 0.158. The Morgan fingerprint density at radius 3 is 2.33 bits per heavy atom. The molecule has 0 atom stereocenters. The summed E-state index contributed by atoms with van der Waals surface area (Å²) in [5, 5.41) is 10.4. The molecule has 0 aliphatic heterocycles. The second-order valence-electron chi connectivity index (χ2n) is 8.28. The van der Waals surface area contributed by atoms with Gasteiger partial charge in [0.1, 0.15) is 11.5 Å². The number of hydrogen-bond donors (Lipinski definition) is 4. The van der Waals surface area contributed by atoms with Crippen molar-refractivity contribution in [3.8, 4) is 11.5 Å². The van der Waals surface area contributed by atoms with Crippen molar-refractivity contribution in [1.82, 2.24) is 10.3 Å². The Morgan fingerprint density at radius 2 is 1.62 bits per heavy atom. The molecule has 1 heterocycles. The highest BCUT2D eigenvalue weighted by Crippen LogP contribution is 2.36.